The summed E-state index contributed by atoms with van der Waals surface area (Å²) in [6.07, 6.45) is 6.65. The van der Waals surface area contributed by atoms with Gasteiger partial charge in [-0.2, -0.15) is 0 Å². The molecule has 0 fully saturated rings. The molecule has 0 atom stereocenters. The first-order chi connectivity index (χ1) is 11.8. The highest BCUT2D eigenvalue weighted by atomic mass is 16.3. The number of hydrogen-bond acceptors (Lipinski definition) is 2. The van der Waals surface area contributed by atoms with Gasteiger partial charge < -0.3 is 4.42 Å². The van der Waals surface area contributed by atoms with Gasteiger partial charge in [-0.3, -0.25) is 4.98 Å². The van der Waals surface area contributed by atoms with E-state index < -0.39 is 0 Å². The molecule has 0 bridgehead atoms. The lowest BCUT2D eigenvalue weighted by Crippen LogP contribution is -1.99. The lowest BCUT2D eigenvalue weighted by Gasteiger charge is -2.09. The molecule has 0 unspecified atom stereocenters. The van der Waals surface area contributed by atoms with Crippen molar-refractivity contribution in [1.29, 1.82) is 0 Å². The molecule has 2 aromatic heterocycles. The number of nitrogens with zero attached hydrogens (tertiary/aromatic N) is 1. The number of pyridine rings is 1. The smallest absolute Gasteiger partial charge is 0.144 e. The van der Waals surface area contributed by atoms with E-state index in [-0.39, 0.29) is 0 Å². The summed E-state index contributed by atoms with van der Waals surface area (Å²) in [6.45, 7) is 2.18. The summed E-state index contributed by atoms with van der Waals surface area (Å²) in [4.78, 5) is 4.70. The molecule has 24 heavy (non-hydrogen) atoms. The second-order valence-corrected chi connectivity index (χ2v) is 6.76. The SMILES string of the molecule is Cc1ccc(-c2cc3ccccc3cn2)c2oc3c(c12)CCCC3. The quantitative estimate of drug-likeness (QED) is 0.441. The maximum Gasteiger partial charge on any atom is 0.144 e. The van der Waals surface area contributed by atoms with Gasteiger partial charge in [0.15, 0.2) is 0 Å². The number of aryl methyl sites for hydroxylation is 3. The van der Waals surface area contributed by atoms with Gasteiger partial charge in [0, 0.05) is 34.5 Å². The number of furan rings is 1. The summed E-state index contributed by atoms with van der Waals surface area (Å²) in [7, 11) is 0. The Morgan fingerprint density at radius 3 is 2.71 bits per heavy atom. The Labute approximate surface area is 141 Å². The van der Waals surface area contributed by atoms with Gasteiger partial charge in [0.05, 0.1) is 5.69 Å². The van der Waals surface area contributed by atoms with E-state index in [9.17, 15) is 0 Å². The Bertz CT molecular complexity index is 1070. The minimum Gasteiger partial charge on any atom is -0.460 e. The Kier molecular flexibility index (Phi) is 2.99. The fourth-order valence-electron chi connectivity index (χ4n) is 3.97. The predicted molar refractivity (Wildman–Crippen MR) is 98.3 cm³/mol. The molecule has 0 radical (unpaired) electrons. The van der Waals surface area contributed by atoms with E-state index >= 15 is 0 Å². The minimum absolute atomic E-state index is 0.991. The molecule has 2 aromatic carbocycles. The van der Waals surface area contributed by atoms with E-state index in [1.165, 1.54) is 45.9 Å². The van der Waals surface area contributed by atoms with Gasteiger partial charge in [-0.1, -0.05) is 30.3 Å². The van der Waals surface area contributed by atoms with Crippen LogP contribution in [0.1, 0.15) is 29.7 Å². The third kappa shape index (κ3) is 1.99. The van der Waals surface area contributed by atoms with Gasteiger partial charge in [-0.25, -0.2) is 0 Å². The zero-order valence-electron chi connectivity index (χ0n) is 13.8. The van der Waals surface area contributed by atoms with Crippen LogP contribution in [-0.2, 0) is 12.8 Å². The van der Waals surface area contributed by atoms with Crippen molar-refractivity contribution in [2.75, 3.05) is 0 Å². The van der Waals surface area contributed by atoms with E-state index in [0.717, 1.165) is 29.7 Å². The second kappa shape index (κ2) is 5.20. The summed E-state index contributed by atoms with van der Waals surface area (Å²) >= 11 is 0. The Balaban J connectivity index is 1.79. The molecule has 0 spiro atoms. The van der Waals surface area contributed by atoms with Gasteiger partial charge in [-0.05, 0) is 49.3 Å². The third-order valence-electron chi connectivity index (χ3n) is 5.22. The fourth-order valence-corrected chi connectivity index (χ4v) is 3.97. The van der Waals surface area contributed by atoms with Crippen LogP contribution in [0.4, 0.5) is 0 Å². The average molecular weight is 313 g/mol. The molecule has 0 saturated carbocycles. The molecule has 0 aliphatic heterocycles. The highest BCUT2D eigenvalue weighted by molar-refractivity contribution is 5.98. The lowest BCUT2D eigenvalue weighted by molar-refractivity contribution is 0.506. The molecule has 4 aromatic rings. The summed E-state index contributed by atoms with van der Waals surface area (Å²) in [5, 5.41) is 3.70. The van der Waals surface area contributed by atoms with Crippen molar-refractivity contribution in [2.24, 2.45) is 0 Å². The largest absolute Gasteiger partial charge is 0.460 e. The van der Waals surface area contributed by atoms with E-state index in [1.54, 1.807) is 0 Å². The van der Waals surface area contributed by atoms with E-state index in [4.69, 9.17) is 9.40 Å². The predicted octanol–water partition coefficient (Wildman–Crippen LogP) is 5.84. The molecular formula is C22H19NO. The summed E-state index contributed by atoms with van der Waals surface area (Å²) < 4.78 is 6.33. The molecule has 5 rings (SSSR count). The monoisotopic (exact) mass is 313 g/mol. The molecular weight excluding hydrogens is 294 g/mol. The van der Waals surface area contributed by atoms with E-state index in [1.807, 2.05) is 12.3 Å². The molecule has 1 aliphatic carbocycles. The summed E-state index contributed by atoms with van der Waals surface area (Å²) in [5.74, 6) is 1.19. The molecule has 2 heterocycles. The van der Waals surface area contributed by atoms with Crippen molar-refractivity contribution in [3.05, 3.63) is 65.5 Å². The van der Waals surface area contributed by atoms with Gasteiger partial charge in [0.1, 0.15) is 11.3 Å². The highest BCUT2D eigenvalue weighted by Crippen LogP contribution is 2.39. The maximum absolute atomic E-state index is 6.33. The first-order valence-corrected chi connectivity index (χ1v) is 8.70. The molecule has 0 amide bonds. The van der Waals surface area contributed by atoms with Gasteiger partial charge in [0.25, 0.3) is 0 Å². The molecule has 0 N–H and O–H groups in total. The summed E-state index contributed by atoms with van der Waals surface area (Å²) in [6, 6.07) is 14.9. The second-order valence-electron chi connectivity index (χ2n) is 6.76. The minimum atomic E-state index is 0.991. The fraction of sp³-hybridized carbons (Fsp3) is 0.227. The normalized spacial score (nSPS) is 14.2. The van der Waals surface area contributed by atoms with Crippen LogP contribution < -0.4 is 0 Å². The van der Waals surface area contributed by atoms with Crippen LogP contribution in [0.3, 0.4) is 0 Å². The van der Waals surface area contributed by atoms with Gasteiger partial charge in [-0.15, -0.1) is 0 Å². The highest BCUT2D eigenvalue weighted by Gasteiger charge is 2.21. The van der Waals surface area contributed by atoms with Crippen molar-refractivity contribution in [3.63, 3.8) is 0 Å². The molecule has 2 nitrogen and oxygen atoms in total. The van der Waals surface area contributed by atoms with Crippen LogP contribution in [0, 0.1) is 6.92 Å². The standard InChI is InChI=1S/C22H19NO/c1-14-10-11-17(19-12-15-6-2-3-7-16(15)13-23-19)22-21(14)18-8-4-5-9-20(18)24-22/h2-3,6-7,10-13H,4-5,8-9H2,1H3. The first kappa shape index (κ1) is 13.8. The Hall–Kier alpha value is -2.61. The van der Waals surface area contributed by atoms with Crippen molar-refractivity contribution in [3.8, 4) is 11.3 Å². The van der Waals surface area contributed by atoms with Crippen molar-refractivity contribution < 1.29 is 4.42 Å². The molecule has 1 aliphatic rings. The zero-order chi connectivity index (χ0) is 16.1. The number of aromatic nitrogens is 1. The van der Waals surface area contributed by atoms with Crippen LogP contribution in [0.15, 0.2) is 53.1 Å². The van der Waals surface area contributed by atoms with Crippen LogP contribution in [0.5, 0.6) is 0 Å². The van der Waals surface area contributed by atoms with E-state index in [2.05, 4.69) is 43.3 Å². The maximum atomic E-state index is 6.33. The topological polar surface area (TPSA) is 26.0 Å². The number of fused-ring (bicyclic) bond motifs is 4. The summed E-state index contributed by atoms with van der Waals surface area (Å²) in [5.41, 5.74) is 5.85. The van der Waals surface area contributed by atoms with Crippen LogP contribution in [0.2, 0.25) is 0 Å². The van der Waals surface area contributed by atoms with E-state index in [0.29, 0.717) is 0 Å². The average Bonchev–Trinajstić information content (AvgIpc) is 3.02. The lowest BCUT2D eigenvalue weighted by atomic mass is 9.93. The Morgan fingerprint density at radius 2 is 1.79 bits per heavy atom. The zero-order valence-corrected chi connectivity index (χ0v) is 13.8. The van der Waals surface area contributed by atoms with Gasteiger partial charge in [0.2, 0.25) is 0 Å². The molecule has 0 saturated heterocycles. The van der Waals surface area contributed by atoms with Crippen LogP contribution in [-0.4, -0.2) is 4.98 Å². The number of rotatable bonds is 1. The van der Waals surface area contributed by atoms with Crippen molar-refractivity contribution >= 4 is 21.7 Å². The first-order valence-electron chi connectivity index (χ1n) is 8.70. The third-order valence-corrected chi connectivity index (χ3v) is 5.22. The van der Waals surface area contributed by atoms with Crippen LogP contribution in [0.25, 0.3) is 33.0 Å². The Morgan fingerprint density at radius 1 is 0.958 bits per heavy atom. The molecule has 2 heteroatoms. The van der Waals surface area contributed by atoms with Gasteiger partial charge >= 0.3 is 0 Å². The van der Waals surface area contributed by atoms with Crippen molar-refractivity contribution in [1.82, 2.24) is 4.98 Å². The van der Waals surface area contributed by atoms with Crippen LogP contribution >= 0.6 is 0 Å². The number of hydrogen-bond donors (Lipinski definition) is 0. The number of benzene rings is 2. The molecule has 118 valence electrons. The van der Waals surface area contributed by atoms with Crippen molar-refractivity contribution in [2.45, 2.75) is 32.6 Å².